The van der Waals surface area contributed by atoms with E-state index in [1.807, 2.05) is 13.8 Å². The van der Waals surface area contributed by atoms with Crippen molar-refractivity contribution in [2.45, 2.75) is 110 Å². The van der Waals surface area contributed by atoms with Crippen molar-refractivity contribution >= 4 is 35.5 Å². The molecule has 0 aromatic carbocycles. The van der Waals surface area contributed by atoms with Crippen LogP contribution in [0, 0.1) is 11.8 Å². The van der Waals surface area contributed by atoms with E-state index < -0.39 is 84.9 Å². The Hall–Kier alpha value is -3.26. The van der Waals surface area contributed by atoms with Gasteiger partial charge in [-0.05, 0) is 38.0 Å². The zero-order valence-corrected chi connectivity index (χ0v) is 27.1. The average Bonchev–Trinajstić information content (AvgIpc) is 3.00. The van der Waals surface area contributed by atoms with E-state index in [4.69, 9.17) is 4.74 Å². The van der Waals surface area contributed by atoms with Gasteiger partial charge in [0.2, 0.25) is 23.6 Å². The Balaban J connectivity index is 2.57. The molecule has 0 aliphatic carbocycles. The highest BCUT2D eigenvalue weighted by molar-refractivity contribution is 5.96. The van der Waals surface area contributed by atoms with Gasteiger partial charge < -0.3 is 40.3 Å². The number of hydrogen-bond donors (Lipinski definition) is 4. The minimum Gasteiger partial charge on any atom is -0.452 e. The van der Waals surface area contributed by atoms with Crippen LogP contribution < -0.4 is 10.6 Å². The van der Waals surface area contributed by atoms with Gasteiger partial charge in [-0.3, -0.25) is 28.8 Å². The molecule has 2 heterocycles. The maximum Gasteiger partial charge on any atom is 0.308 e. The molecule has 14 nitrogen and oxygen atoms in total. The highest BCUT2D eigenvalue weighted by Gasteiger charge is 2.42. The van der Waals surface area contributed by atoms with E-state index >= 15 is 0 Å². The van der Waals surface area contributed by atoms with Gasteiger partial charge in [0.25, 0.3) is 5.91 Å². The van der Waals surface area contributed by atoms with Crippen LogP contribution in [0.2, 0.25) is 0 Å². The Morgan fingerprint density at radius 1 is 0.955 bits per heavy atom. The van der Waals surface area contributed by atoms with E-state index in [0.717, 1.165) is 0 Å². The highest BCUT2D eigenvalue weighted by Crippen LogP contribution is 2.23. The molecule has 14 heteroatoms. The van der Waals surface area contributed by atoms with Crippen LogP contribution in [0.5, 0.6) is 0 Å². The summed E-state index contributed by atoms with van der Waals surface area (Å²) in [4.78, 5) is 84.7. The molecule has 0 aromatic heterocycles. The molecule has 0 radical (unpaired) electrons. The first-order valence-electron chi connectivity index (χ1n) is 15.6. The predicted octanol–water partition coefficient (Wildman–Crippen LogP) is -0.597. The van der Waals surface area contributed by atoms with E-state index in [1.54, 1.807) is 13.8 Å². The third-order valence-corrected chi connectivity index (χ3v) is 8.70. The zero-order chi connectivity index (χ0) is 33.3. The Morgan fingerprint density at radius 2 is 1.61 bits per heavy atom. The summed E-state index contributed by atoms with van der Waals surface area (Å²) in [5, 5.41) is 25.0. The number of amides is 5. The molecule has 5 amide bonds. The number of aliphatic hydroxyl groups is 2. The van der Waals surface area contributed by atoms with Crippen LogP contribution in [0.1, 0.15) is 73.1 Å². The first-order valence-corrected chi connectivity index (χ1v) is 15.6. The first-order chi connectivity index (χ1) is 20.7. The van der Waals surface area contributed by atoms with Crippen LogP contribution >= 0.6 is 0 Å². The third kappa shape index (κ3) is 9.13. The number of cyclic esters (lactones) is 1. The van der Waals surface area contributed by atoms with Gasteiger partial charge >= 0.3 is 5.97 Å². The van der Waals surface area contributed by atoms with Crippen molar-refractivity contribution in [1.29, 1.82) is 0 Å². The smallest absolute Gasteiger partial charge is 0.308 e. The number of likely N-dealkylation sites (N-methyl/N-ethyl adjacent to an activating group) is 2. The Morgan fingerprint density at radius 3 is 2.20 bits per heavy atom. The third-order valence-electron chi connectivity index (χ3n) is 8.70. The zero-order valence-electron chi connectivity index (χ0n) is 27.1. The van der Waals surface area contributed by atoms with Crippen LogP contribution in [0.4, 0.5) is 0 Å². The SMILES string of the molecule is CCC(C)C1NC(=O)[C@@H]2CCCCN2C(=O)[C@@H](CC(O)CO)OC(=O)CCNC(=O)C(C)N(C)C(=O)C(C(C)C)N(C)C1=O. The summed E-state index contributed by atoms with van der Waals surface area (Å²) in [6.45, 7) is 8.16. The lowest BCUT2D eigenvalue weighted by molar-refractivity contribution is -0.165. The number of piperidine rings is 1. The van der Waals surface area contributed by atoms with Crippen LogP contribution in [0.3, 0.4) is 0 Å². The standard InChI is InChI=1S/C30H51N5O9/c1-8-18(4)24-29(42)34(7)25(17(2)3)30(43)33(6)19(5)26(39)31-13-12-23(38)44-22(15-20(37)16-36)28(41)35-14-10-9-11-21(35)27(40)32-24/h17-22,24-25,36-37H,8-16H2,1-7H3,(H,31,39)(H,32,40)/t18?,19?,20?,21-,22+,24?,25?/m0/s1. The van der Waals surface area contributed by atoms with Gasteiger partial charge in [0, 0.05) is 33.6 Å². The fraction of sp³-hybridized carbons (Fsp3) is 0.800. The number of fused-ring (bicyclic) bond motifs is 1. The summed E-state index contributed by atoms with van der Waals surface area (Å²) < 4.78 is 5.42. The molecule has 2 fully saturated rings. The fourth-order valence-corrected chi connectivity index (χ4v) is 5.59. The molecule has 0 spiro atoms. The van der Waals surface area contributed by atoms with Gasteiger partial charge in [-0.15, -0.1) is 0 Å². The van der Waals surface area contributed by atoms with Crippen LogP contribution in [0.25, 0.3) is 0 Å². The average molecular weight is 626 g/mol. The van der Waals surface area contributed by atoms with E-state index in [0.29, 0.717) is 25.7 Å². The second-order valence-electron chi connectivity index (χ2n) is 12.3. The minimum atomic E-state index is -1.48. The number of rotatable bonds is 6. The monoisotopic (exact) mass is 625 g/mol. The molecule has 0 aromatic rings. The van der Waals surface area contributed by atoms with Crippen LogP contribution in [-0.2, 0) is 33.5 Å². The van der Waals surface area contributed by atoms with Crippen molar-refractivity contribution < 1.29 is 43.7 Å². The number of nitrogens with one attached hydrogen (secondary N) is 2. The largest absolute Gasteiger partial charge is 0.452 e. The number of nitrogens with zero attached hydrogens (tertiary/aromatic N) is 3. The van der Waals surface area contributed by atoms with Gasteiger partial charge in [-0.2, -0.15) is 0 Å². The molecule has 2 aliphatic rings. The van der Waals surface area contributed by atoms with Crippen molar-refractivity contribution in [3.8, 4) is 0 Å². The normalized spacial score (nSPS) is 28.8. The molecule has 2 saturated heterocycles. The summed E-state index contributed by atoms with van der Waals surface area (Å²) >= 11 is 0. The van der Waals surface area contributed by atoms with Crippen LogP contribution in [-0.4, -0.2) is 131 Å². The number of esters is 1. The summed E-state index contributed by atoms with van der Waals surface area (Å²) in [6.07, 6.45) is -1.47. The Labute approximate surface area is 259 Å². The Bertz CT molecular complexity index is 1050. The van der Waals surface area contributed by atoms with E-state index in [9.17, 15) is 39.0 Å². The van der Waals surface area contributed by atoms with Crippen molar-refractivity contribution in [2.24, 2.45) is 11.8 Å². The second-order valence-corrected chi connectivity index (χ2v) is 12.3. The van der Waals surface area contributed by atoms with Crippen molar-refractivity contribution in [1.82, 2.24) is 25.3 Å². The molecule has 44 heavy (non-hydrogen) atoms. The van der Waals surface area contributed by atoms with Gasteiger partial charge in [0.1, 0.15) is 24.2 Å². The summed E-state index contributed by atoms with van der Waals surface area (Å²) in [5.41, 5.74) is 0. The van der Waals surface area contributed by atoms with Crippen LogP contribution in [0.15, 0.2) is 0 Å². The van der Waals surface area contributed by atoms with Crippen molar-refractivity contribution in [3.63, 3.8) is 0 Å². The lowest BCUT2D eigenvalue weighted by Crippen LogP contribution is -2.62. The lowest BCUT2D eigenvalue weighted by atomic mass is 9.93. The van der Waals surface area contributed by atoms with Gasteiger partial charge in [-0.1, -0.05) is 34.1 Å². The summed E-state index contributed by atoms with van der Waals surface area (Å²) in [6, 6.07) is -3.86. The molecular weight excluding hydrogens is 574 g/mol. The van der Waals surface area contributed by atoms with E-state index in [2.05, 4.69) is 10.6 Å². The molecule has 0 saturated carbocycles. The maximum absolute atomic E-state index is 14.0. The maximum atomic E-state index is 14.0. The van der Waals surface area contributed by atoms with E-state index in [1.165, 1.54) is 35.7 Å². The number of hydrogen-bond acceptors (Lipinski definition) is 9. The summed E-state index contributed by atoms with van der Waals surface area (Å²) in [5.74, 6) is -4.20. The van der Waals surface area contributed by atoms with Crippen molar-refractivity contribution in [2.75, 3.05) is 33.8 Å². The topological polar surface area (TPSA) is 186 Å². The fourth-order valence-electron chi connectivity index (χ4n) is 5.59. The molecule has 5 unspecified atom stereocenters. The minimum absolute atomic E-state index is 0.148. The highest BCUT2D eigenvalue weighted by atomic mass is 16.5. The number of carbonyl (C=O) groups is 6. The van der Waals surface area contributed by atoms with Gasteiger partial charge in [0.05, 0.1) is 19.1 Å². The second kappa shape index (κ2) is 16.7. The van der Waals surface area contributed by atoms with Gasteiger partial charge in [-0.25, -0.2) is 0 Å². The number of ether oxygens (including phenoxy) is 1. The lowest BCUT2D eigenvalue weighted by Gasteiger charge is -2.39. The summed E-state index contributed by atoms with van der Waals surface area (Å²) in [7, 11) is 2.97. The molecule has 4 N–H and O–H groups in total. The molecule has 2 aliphatic heterocycles. The molecule has 0 bridgehead atoms. The first kappa shape index (κ1) is 36.9. The predicted molar refractivity (Wildman–Crippen MR) is 160 cm³/mol. The molecule has 7 atom stereocenters. The molecular formula is C30H51N5O9. The molecule has 2 rings (SSSR count). The molecule has 250 valence electrons. The quantitative estimate of drug-likeness (QED) is 0.280. The number of carbonyl (C=O) groups excluding carboxylic acids is 6. The van der Waals surface area contributed by atoms with Gasteiger partial charge in [0.15, 0.2) is 6.10 Å². The van der Waals surface area contributed by atoms with E-state index in [-0.39, 0.29) is 31.3 Å². The number of aliphatic hydroxyl groups excluding tert-OH is 2. The van der Waals surface area contributed by atoms with Crippen molar-refractivity contribution in [3.05, 3.63) is 0 Å². The Kier molecular flexibility index (Phi) is 14.0.